The molecular formula is C14H15N3O. The van der Waals surface area contributed by atoms with E-state index in [1.807, 2.05) is 6.92 Å². The fourth-order valence-corrected chi connectivity index (χ4v) is 3.43. The lowest BCUT2D eigenvalue weighted by atomic mass is 9.92. The fourth-order valence-electron chi connectivity index (χ4n) is 3.43. The van der Waals surface area contributed by atoms with Gasteiger partial charge in [0.15, 0.2) is 0 Å². The molecule has 2 bridgehead atoms. The Labute approximate surface area is 106 Å². The molecule has 0 saturated carbocycles. The molecule has 1 aromatic carbocycles. The molecule has 1 fully saturated rings. The van der Waals surface area contributed by atoms with E-state index in [0.29, 0.717) is 18.0 Å². The highest BCUT2D eigenvalue weighted by atomic mass is 16.4. The summed E-state index contributed by atoms with van der Waals surface area (Å²) in [7, 11) is 0. The van der Waals surface area contributed by atoms with Gasteiger partial charge in [-0.1, -0.05) is 24.3 Å². The van der Waals surface area contributed by atoms with Crippen molar-refractivity contribution in [3.8, 4) is 0 Å². The predicted octanol–water partition coefficient (Wildman–Crippen LogP) is 2.77. The van der Waals surface area contributed by atoms with Gasteiger partial charge in [-0.15, -0.1) is 10.2 Å². The average Bonchev–Trinajstić information content (AvgIpc) is 3.05. The van der Waals surface area contributed by atoms with Crippen molar-refractivity contribution in [3.05, 3.63) is 47.2 Å². The largest absolute Gasteiger partial charge is 0.424 e. The second-order valence-electron chi connectivity index (χ2n) is 5.13. The maximum atomic E-state index is 5.50. The molecule has 0 spiro atoms. The van der Waals surface area contributed by atoms with Crippen LogP contribution in [0, 0.1) is 6.92 Å². The molecule has 0 N–H and O–H groups in total. The highest BCUT2D eigenvalue weighted by molar-refractivity contribution is 5.39. The molecule has 2 aliphatic rings. The summed E-state index contributed by atoms with van der Waals surface area (Å²) in [5.41, 5.74) is 2.98. The SMILES string of the molecule is Cc1nnc(CN2C3CCC2c2ccccc23)o1. The summed E-state index contributed by atoms with van der Waals surface area (Å²) in [6, 6.07) is 9.86. The van der Waals surface area contributed by atoms with E-state index in [1.165, 1.54) is 24.0 Å². The van der Waals surface area contributed by atoms with Crippen LogP contribution in [0.15, 0.2) is 28.7 Å². The zero-order valence-corrected chi connectivity index (χ0v) is 10.3. The first kappa shape index (κ1) is 10.3. The molecule has 4 rings (SSSR count). The van der Waals surface area contributed by atoms with Gasteiger partial charge in [0.1, 0.15) is 0 Å². The predicted molar refractivity (Wildman–Crippen MR) is 65.7 cm³/mol. The summed E-state index contributed by atoms with van der Waals surface area (Å²) in [6.45, 7) is 2.61. The molecule has 92 valence electrons. The van der Waals surface area contributed by atoms with Gasteiger partial charge in [-0.3, -0.25) is 4.90 Å². The van der Waals surface area contributed by atoms with E-state index < -0.39 is 0 Å². The van der Waals surface area contributed by atoms with Gasteiger partial charge < -0.3 is 4.42 Å². The first-order valence-corrected chi connectivity index (χ1v) is 6.46. The van der Waals surface area contributed by atoms with Gasteiger partial charge in [-0.05, 0) is 24.0 Å². The van der Waals surface area contributed by atoms with Crippen molar-refractivity contribution in [2.24, 2.45) is 0 Å². The van der Waals surface area contributed by atoms with Crippen LogP contribution in [-0.2, 0) is 6.54 Å². The van der Waals surface area contributed by atoms with Crippen LogP contribution >= 0.6 is 0 Å². The Kier molecular flexibility index (Phi) is 2.08. The van der Waals surface area contributed by atoms with E-state index in [-0.39, 0.29) is 0 Å². The van der Waals surface area contributed by atoms with Gasteiger partial charge in [0, 0.05) is 19.0 Å². The smallest absolute Gasteiger partial charge is 0.230 e. The maximum Gasteiger partial charge on any atom is 0.230 e. The van der Waals surface area contributed by atoms with Crippen LogP contribution in [0.2, 0.25) is 0 Å². The minimum Gasteiger partial charge on any atom is -0.424 e. The molecule has 0 amide bonds. The first-order valence-electron chi connectivity index (χ1n) is 6.46. The first-order chi connectivity index (χ1) is 8.83. The zero-order valence-electron chi connectivity index (χ0n) is 10.3. The number of aryl methyl sites for hydroxylation is 1. The molecule has 4 heteroatoms. The second kappa shape index (κ2) is 3.65. The maximum absolute atomic E-state index is 5.50. The summed E-state index contributed by atoms with van der Waals surface area (Å²) in [5.74, 6) is 1.38. The molecular weight excluding hydrogens is 226 g/mol. The molecule has 0 radical (unpaired) electrons. The molecule has 18 heavy (non-hydrogen) atoms. The molecule has 2 atom stereocenters. The lowest BCUT2D eigenvalue weighted by Gasteiger charge is -2.19. The highest BCUT2D eigenvalue weighted by Gasteiger charge is 2.43. The van der Waals surface area contributed by atoms with Crippen molar-refractivity contribution >= 4 is 0 Å². The fraction of sp³-hybridized carbons (Fsp3) is 0.429. The van der Waals surface area contributed by atoms with Gasteiger partial charge in [0.05, 0.1) is 6.54 Å². The van der Waals surface area contributed by atoms with Gasteiger partial charge >= 0.3 is 0 Å². The van der Waals surface area contributed by atoms with E-state index in [4.69, 9.17) is 4.42 Å². The van der Waals surface area contributed by atoms with Crippen LogP contribution in [0.4, 0.5) is 0 Å². The Hall–Kier alpha value is -1.68. The topological polar surface area (TPSA) is 42.2 Å². The van der Waals surface area contributed by atoms with Crippen molar-refractivity contribution in [1.82, 2.24) is 15.1 Å². The molecule has 4 nitrogen and oxygen atoms in total. The summed E-state index contributed by atoms with van der Waals surface area (Å²) < 4.78 is 5.50. The third-order valence-corrected chi connectivity index (χ3v) is 4.11. The Morgan fingerprint density at radius 2 is 1.83 bits per heavy atom. The van der Waals surface area contributed by atoms with Crippen molar-refractivity contribution < 1.29 is 4.42 Å². The monoisotopic (exact) mass is 241 g/mol. The molecule has 1 aromatic heterocycles. The van der Waals surface area contributed by atoms with Crippen LogP contribution < -0.4 is 0 Å². The molecule has 0 aliphatic carbocycles. The lowest BCUT2D eigenvalue weighted by molar-refractivity contribution is 0.191. The third-order valence-electron chi connectivity index (χ3n) is 4.11. The second-order valence-corrected chi connectivity index (χ2v) is 5.13. The quantitative estimate of drug-likeness (QED) is 0.810. The van der Waals surface area contributed by atoms with E-state index in [0.717, 1.165) is 12.4 Å². The summed E-state index contributed by atoms with van der Waals surface area (Å²) in [4.78, 5) is 2.50. The van der Waals surface area contributed by atoms with Crippen molar-refractivity contribution in [1.29, 1.82) is 0 Å². The minimum absolute atomic E-state index is 0.540. The Morgan fingerprint density at radius 1 is 1.17 bits per heavy atom. The van der Waals surface area contributed by atoms with E-state index >= 15 is 0 Å². The third kappa shape index (κ3) is 1.35. The van der Waals surface area contributed by atoms with Crippen LogP contribution in [0.1, 0.15) is 47.8 Å². The van der Waals surface area contributed by atoms with Gasteiger partial charge in [-0.25, -0.2) is 0 Å². The standard InChI is InChI=1S/C14H15N3O/c1-9-15-16-14(18-9)8-17-12-6-7-13(17)11-5-3-2-4-10(11)12/h2-5,12-13H,6-8H2,1H3. The van der Waals surface area contributed by atoms with Crippen molar-refractivity contribution in [2.45, 2.75) is 38.4 Å². The minimum atomic E-state index is 0.540. The van der Waals surface area contributed by atoms with E-state index in [9.17, 15) is 0 Å². The number of rotatable bonds is 2. The number of hydrogen-bond donors (Lipinski definition) is 0. The highest BCUT2D eigenvalue weighted by Crippen LogP contribution is 2.53. The summed E-state index contributed by atoms with van der Waals surface area (Å²) >= 11 is 0. The summed E-state index contributed by atoms with van der Waals surface area (Å²) in [5, 5.41) is 8.02. The lowest BCUT2D eigenvalue weighted by Crippen LogP contribution is -2.19. The van der Waals surface area contributed by atoms with E-state index in [2.05, 4.69) is 39.4 Å². The van der Waals surface area contributed by atoms with Crippen LogP contribution in [0.5, 0.6) is 0 Å². The average molecular weight is 241 g/mol. The zero-order chi connectivity index (χ0) is 12.1. The van der Waals surface area contributed by atoms with E-state index in [1.54, 1.807) is 0 Å². The van der Waals surface area contributed by atoms with Crippen LogP contribution in [-0.4, -0.2) is 15.1 Å². The Bertz CT molecular complexity index is 561. The van der Waals surface area contributed by atoms with Crippen molar-refractivity contribution in [2.75, 3.05) is 0 Å². The number of hydrogen-bond acceptors (Lipinski definition) is 4. The van der Waals surface area contributed by atoms with Crippen LogP contribution in [0.3, 0.4) is 0 Å². The summed E-state index contributed by atoms with van der Waals surface area (Å²) in [6.07, 6.45) is 2.49. The molecule has 2 aromatic rings. The molecule has 2 aliphatic heterocycles. The van der Waals surface area contributed by atoms with Gasteiger partial charge in [0.2, 0.25) is 11.8 Å². The van der Waals surface area contributed by atoms with Crippen molar-refractivity contribution in [3.63, 3.8) is 0 Å². The Balaban J connectivity index is 1.66. The van der Waals surface area contributed by atoms with Gasteiger partial charge in [-0.2, -0.15) is 0 Å². The van der Waals surface area contributed by atoms with Crippen LogP contribution in [0.25, 0.3) is 0 Å². The number of aromatic nitrogens is 2. The molecule has 1 saturated heterocycles. The number of fused-ring (bicyclic) bond motifs is 5. The number of nitrogens with zero attached hydrogens (tertiary/aromatic N) is 3. The molecule has 3 heterocycles. The molecule has 2 unspecified atom stereocenters. The Morgan fingerprint density at radius 3 is 2.39 bits per heavy atom. The van der Waals surface area contributed by atoms with Gasteiger partial charge in [0.25, 0.3) is 0 Å². The number of benzene rings is 1. The normalized spacial score (nSPS) is 25.6.